The Hall–Kier alpha value is -1.56. The molecule has 1 fully saturated rings. The molecule has 0 unspecified atom stereocenters. The summed E-state index contributed by atoms with van der Waals surface area (Å²) >= 11 is 0. The second-order valence-corrected chi connectivity index (χ2v) is 6.96. The highest BCUT2D eigenvalue weighted by Crippen LogP contribution is 2.18. The molecule has 2 rings (SSSR count). The quantitative estimate of drug-likeness (QED) is 0.453. The number of likely N-dealkylation sites (tertiary alicyclic amines) is 1. The summed E-state index contributed by atoms with van der Waals surface area (Å²) in [6.45, 7) is 9.49. The van der Waals surface area contributed by atoms with Crippen LogP contribution in [0, 0.1) is 19.8 Å². The first-order chi connectivity index (χ1) is 11.6. The number of aliphatic imine (C=N–C) groups is 1. The highest BCUT2D eigenvalue weighted by Gasteiger charge is 2.16. The van der Waals surface area contributed by atoms with Crippen molar-refractivity contribution in [2.75, 3.05) is 40.3 Å². The third kappa shape index (κ3) is 6.15. The van der Waals surface area contributed by atoms with Crippen LogP contribution < -0.4 is 10.6 Å². The van der Waals surface area contributed by atoms with Gasteiger partial charge in [-0.2, -0.15) is 5.10 Å². The molecule has 1 aliphatic heterocycles. The molecule has 6 heteroatoms. The van der Waals surface area contributed by atoms with Crippen molar-refractivity contribution in [3.8, 4) is 0 Å². The fourth-order valence-electron chi connectivity index (χ4n) is 3.30. The van der Waals surface area contributed by atoms with Gasteiger partial charge in [0.1, 0.15) is 0 Å². The highest BCUT2D eigenvalue weighted by molar-refractivity contribution is 5.79. The van der Waals surface area contributed by atoms with Gasteiger partial charge in [0, 0.05) is 32.4 Å². The number of nitrogens with one attached hydrogen (secondary N) is 2. The van der Waals surface area contributed by atoms with E-state index in [2.05, 4.69) is 50.3 Å². The highest BCUT2D eigenvalue weighted by atomic mass is 15.3. The zero-order valence-electron chi connectivity index (χ0n) is 15.8. The molecule has 0 spiro atoms. The number of rotatable bonds is 7. The molecule has 1 aromatic heterocycles. The van der Waals surface area contributed by atoms with Gasteiger partial charge in [0.05, 0.1) is 5.69 Å². The summed E-state index contributed by atoms with van der Waals surface area (Å²) in [4.78, 5) is 6.74. The Balaban J connectivity index is 1.58. The van der Waals surface area contributed by atoms with Crippen molar-refractivity contribution in [3.63, 3.8) is 0 Å². The number of hydrogen-bond acceptors (Lipinski definition) is 3. The van der Waals surface area contributed by atoms with Gasteiger partial charge in [-0.1, -0.05) is 0 Å². The number of piperidine rings is 1. The molecule has 0 atom stereocenters. The van der Waals surface area contributed by atoms with Gasteiger partial charge in [-0.05, 0) is 71.7 Å². The first-order valence-corrected chi connectivity index (χ1v) is 9.22. The normalized spacial score (nSPS) is 17.2. The van der Waals surface area contributed by atoms with Crippen molar-refractivity contribution < 1.29 is 0 Å². The Morgan fingerprint density at radius 2 is 1.96 bits per heavy atom. The molecule has 1 saturated heterocycles. The first kappa shape index (κ1) is 18.8. The Bertz CT molecular complexity index is 514. The third-order valence-corrected chi connectivity index (χ3v) is 4.85. The maximum Gasteiger partial charge on any atom is 0.190 e. The van der Waals surface area contributed by atoms with Gasteiger partial charge in [0.15, 0.2) is 5.96 Å². The van der Waals surface area contributed by atoms with Crippen LogP contribution in [0.1, 0.15) is 37.1 Å². The Morgan fingerprint density at radius 1 is 1.25 bits per heavy atom. The topological polar surface area (TPSA) is 57.5 Å². The summed E-state index contributed by atoms with van der Waals surface area (Å²) < 4.78 is 2.08. The van der Waals surface area contributed by atoms with E-state index in [1.807, 2.05) is 14.0 Å². The zero-order valence-corrected chi connectivity index (χ0v) is 15.8. The Morgan fingerprint density at radius 3 is 2.58 bits per heavy atom. The number of aromatic nitrogens is 2. The molecular weight excluding hydrogens is 300 g/mol. The monoisotopic (exact) mass is 334 g/mol. The number of nitrogens with zero attached hydrogens (tertiary/aromatic N) is 4. The van der Waals surface area contributed by atoms with Gasteiger partial charge >= 0.3 is 0 Å². The summed E-state index contributed by atoms with van der Waals surface area (Å²) in [7, 11) is 4.05. The third-order valence-electron chi connectivity index (χ3n) is 4.85. The smallest absolute Gasteiger partial charge is 0.190 e. The molecule has 0 radical (unpaired) electrons. The summed E-state index contributed by atoms with van der Waals surface area (Å²) in [5.74, 6) is 1.77. The summed E-state index contributed by atoms with van der Waals surface area (Å²) in [5.41, 5.74) is 2.32. The van der Waals surface area contributed by atoms with Crippen LogP contribution in [0.4, 0.5) is 0 Å². The zero-order chi connectivity index (χ0) is 17.4. The molecule has 0 aliphatic carbocycles. The lowest BCUT2D eigenvalue weighted by Gasteiger charge is -2.29. The minimum atomic E-state index is 0.859. The van der Waals surface area contributed by atoms with Crippen LogP contribution >= 0.6 is 0 Å². The summed E-state index contributed by atoms with van der Waals surface area (Å²) in [6, 6.07) is 2.12. The predicted octanol–water partition coefficient (Wildman–Crippen LogP) is 1.79. The van der Waals surface area contributed by atoms with Crippen LogP contribution in [-0.4, -0.2) is 60.9 Å². The van der Waals surface area contributed by atoms with E-state index < -0.39 is 0 Å². The van der Waals surface area contributed by atoms with E-state index in [0.29, 0.717) is 0 Å². The average Bonchev–Trinajstić information content (AvgIpc) is 2.89. The van der Waals surface area contributed by atoms with Gasteiger partial charge in [-0.25, -0.2) is 0 Å². The van der Waals surface area contributed by atoms with Gasteiger partial charge < -0.3 is 15.5 Å². The molecule has 1 aliphatic rings. The fraction of sp³-hybridized carbons (Fsp3) is 0.778. The molecule has 2 N–H and O–H groups in total. The standard InChI is InChI=1S/C18H34N6/c1-15-14-16(2)24(22-15)11-5-9-20-18(19-3)21-10-6-17-7-12-23(4)13-8-17/h14,17H,5-13H2,1-4H3,(H2,19,20,21). The molecule has 1 aromatic rings. The molecular formula is C18H34N6. The molecule has 0 bridgehead atoms. The van der Waals surface area contributed by atoms with Crippen LogP contribution in [0.2, 0.25) is 0 Å². The maximum atomic E-state index is 4.49. The fourth-order valence-corrected chi connectivity index (χ4v) is 3.30. The lowest BCUT2D eigenvalue weighted by Crippen LogP contribution is -2.39. The Labute approximate surface area is 146 Å². The van der Waals surface area contributed by atoms with Crippen molar-refractivity contribution in [2.24, 2.45) is 10.9 Å². The molecule has 24 heavy (non-hydrogen) atoms. The second-order valence-electron chi connectivity index (χ2n) is 6.96. The van der Waals surface area contributed by atoms with Gasteiger partial charge in [-0.15, -0.1) is 0 Å². The molecule has 136 valence electrons. The van der Waals surface area contributed by atoms with E-state index in [1.165, 1.54) is 38.0 Å². The molecule has 6 nitrogen and oxygen atoms in total. The van der Waals surface area contributed by atoms with Gasteiger partial charge in [-0.3, -0.25) is 9.67 Å². The summed E-state index contributed by atoms with van der Waals surface area (Å²) in [6.07, 6.45) is 4.93. The van der Waals surface area contributed by atoms with Crippen molar-refractivity contribution in [2.45, 2.75) is 46.1 Å². The van der Waals surface area contributed by atoms with Crippen molar-refractivity contribution in [1.29, 1.82) is 0 Å². The van der Waals surface area contributed by atoms with Crippen molar-refractivity contribution >= 4 is 5.96 Å². The molecule has 2 heterocycles. The minimum Gasteiger partial charge on any atom is -0.356 e. The van der Waals surface area contributed by atoms with E-state index in [1.54, 1.807) is 0 Å². The van der Waals surface area contributed by atoms with E-state index in [-0.39, 0.29) is 0 Å². The Kier molecular flexibility index (Phi) is 7.56. The van der Waals surface area contributed by atoms with Gasteiger partial charge in [0.25, 0.3) is 0 Å². The first-order valence-electron chi connectivity index (χ1n) is 9.22. The SMILES string of the molecule is CN=C(NCCCn1nc(C)cc1C)NCCC1CCN(C)CC1. The van der Waals surface area contributed by atoms with E-state index >= 15 is 0 Å². The molecule has 0 aromatic carbocycles. The van der Waals surface area contributed by atoms with E-state index in [4.69, 9.17) is 0 Å². The maximum absolute atomic E-state index is 4.49. The summed E-state index contributed by atoms with van der Waals surface area (Å²) in [5, 5.41) is 11.3. The molecule has 0 saturated carbocycles. The van der Waals surface area contributed by atoms with Crippen LogP contribution in [0.5, 0.6) is 0 Å². The van der Waals surface area contributed by atoms with E-state index in [0.717, 1.165) is 43.6 Å². The van der Waals surface area contributed by atoms with Gasteiger partial charge in [0.2, 0.25) is 0 Å². The van der Waals surface area contributed by atoms with Crippen molar-refractivity contribution in [1.82, 2.24) is 25.3 Å². The minimum absolute atomic E-state index is 0.859. The van der Waals surface area contributed by atoms with Crippen LogP contribution in [-0.2, 0) is 6.54 Å². The lowest BCUT2D eigenvalue weighted by molar-refractivity contribution is 0.213. The second kappa shape index (κ2) is 9.67. The largest absolute Gasteiger partial charge is 0.356 e. The average molecular weight is 335 g/mol. The van der Waals surface area contributed by atoms with Crippen LogP contribution in [0.15, 0.2) is 11.1 Å². The number of hydrogen-bond donors (Lipinski definition) is 2. The van der Waals surface area contributed by atoms with E-state index in [9.17, 15) is 0 Å². The number of aryl methyl sites for hydroxylation is 3. The van der Waals surface area contributed by atoms with Crippen LogP contribution in [0.3, 0.4) is 0 Å². The van der Waals surface area contributed by atoms with Crippen LogP contribution in [0.25, 0.3) is 0 Å². The lowest BCUT2D eigenvalue weighted by atomic mass is 9.94. The molecule has 0 amide bonds. The number of guanidine groups is 1. The predicted molar refractivity (Wildman–Crippen MR) is 101 cm³/mol. The van der Waals surface area contributed by atoms with Crippen molar-refractivity contribution in [3.05, 3.63) is 17.5 Å².